The third-order valence-electron chi connectivity index (χ3n) is 2.65. The van der Waals surface area contributed by atoms with Crippen molar-refractivity contribution in [3.8, 4) is 0 Å². The third-order valence-corrected chi connectivity index (χ3v) is 2.65. The molecule has 0 unspecified atom stereocenters. The average Bonchev–Trinajstić information content (AvgIpc) is 2.74. The van der Waals surface area contributed by atoms with E-state index in [0.717, 1.165) is 17.8 Å². The molecular weight excluding hydrogens is 212 g/mol. The highest BCUT2D eigenvalue weighted by Gasteiger charge is 2.04. The average molecular weight is 230 g/mol. The molecule has 0 spiro atoms. The van der Waals surface area contributed by atoms with Crippen LogP contribution in [0.3, 0.4) is 0 Å². The van der Waals surface area contributed by atoms with Crippen LogP contribution in [0.4, 0.5) is 5.69 Å². The van der Waals surface area contributed by atoms with Gasteiger partial charge in [0.1, 0.15) is 0 Å². The Hall–Kier alpha value is -1.84. The van der Waals surface area contributed by atoms with E-state index in [0.29, 0.717) is 6.04 Å². The SMILES string of the molecule is Cc1cncc(NCc2cncn2C(C)C)c1. The fraction of sp³-hybridized carbons (Fsp3) is 0.385. The molecule has 17 heavy (non-hydrogen) atoms. The molecule has 0 aliphatic heterocycles. The lowest BCUT2D eigenvalue weighted by molar-refractivity contribution is 0.577. The number of hydrogen-bond acceptors (Lipinski definition) is 3. The van der Waals surface area contributed by atoms with Crippen LogP contribution < -0.4 is 5.32 Å². The van der Waals surface area contributed by atoms with E-state index in [2.05, 4.69) is 39.8 Å². The second kappa shape index (κ2) is 4.99. The number of pyridine rings is 1. The lowest BCUT2D eigenvalue weighted by atomic mass is 10.3. The first kappa shape index (κ1) is 11.6. The van der Waals surface area contributed by atoms with Crippen LogP contribution in [0.1, 0.15) is 31.1 Å². The second-order valence-electron chi connectivity index (χ2n) is 4.49. The van der Waals surface area contributed by atoms with Gasteiger partial charge in [-0.05, 0) is 32.4 Å². The van der Waals surface area contributed by atoms with Gasteiger partial charge in [0.25, 0.3) is 0 Å². The maximum Gasteiger partial charge on any atom is 0.0951 e. The van der Waals surface area contributed by atoms with Crippen LogP contribution in [0.5, 0.6) is 0 Å². The van der Waals surface area contributed by atoms with E-state index in [1.54, 1.807) is 0 Å². The zero-order valence-electron chi connectivity index (χ0n) is 10.5. The highest BCUT2D eigenvalue weighted by atomic mass is 15.1. The molecule has 0 aliphatic carbocycles. The van der Waals surface area contributed by atoms with Crippen LogP contribution in [0.2, 0.25) is 0 Å². The summed E-state index contributed by atoms with van der Waals surface area (Å²) in [7, 11) is 0. The molecule has 2 heterocycles. The number of aromatic nitrogens is 3. The first-order chi connectivity index (χ1) is 8.16. The van der Waals surface area contributed by atoms with E-state index < -0.39 is 0 Å². The Balaban J connectivity index is 2.05. The quantitative estimate of drug-likeness (QED) is 0.878. The summed E-state index contributed by atoms with van der Waals surface area (Å²) in [5.41, 5.74) is 3.38. The van der Waals surface area contributed by atoms with Gasteiger partial charge in [-0.15, -0.1) is 0 Å². The minimum absolute atomic E-state index is 0.435. The fourth-order valence-corrected chi connectivity index (χ4v) is 1.78. The van der Waals surface area contributed by atoms with Crippen molar-refractivity contribution in [3.05, 3.63) is 42.2 Å². The van der Waals surface area contributed by atoms with Crippen molar-refractivity contribution in [1.82, 2.24) is 14.5 Å². The first-order valence-corrected chi connectivity index (χ1v) is 5.83. The van der Waals surface area contributed by atoms with E-state index >= 15 is 0 Å². The van der Waals surface area contributed by atoms with Crippen molar-refractivity contribution in [3.63, 3.8) is 0 Å². The van der Waals surface area contributed by atoms with Crippen molar-refractivity contribution < 1.29 is 0 Å². The highest BCUT2D eigenvalue weighted by molar-refractivity contribution is 5.42. The Morgan fingerprint density at radius 3 is 2.76 bits per heavy atom. The highest BCUT2D eigenvalue weighted by Crippen LogP contribution is 2.12. The zero-order valence-corrected chi connectivity index (χ0v) is 10.5. The van der Waals surface area contributed by atoms with Crippen molar-refractivity contribution in [1.29, 1.82) is 0 Å². The van der Waals surface area contributed by atoms with Gasteiger partial charge in [-0.3, -0.25) is 4.98 Å². The monoisotopic (exact) mass is 230 g/mol. The summed E-state index contributed by atoms with van der Waals surface area (Å²) in [4.78, 5) is 8.34. The number of aryl methyl sites for hydroxylation is 1. The summed E-state index contributed by atoms with van der Waals surface area (Å²) < 4.78 is 2.16. The minimum atomic E-state index is 0.435. The standard InChI is InChI=1S/C13H18N4/c1-10(2)17-9-15-7-13(17)8-16-12-4-11(3)5-14-6-12/h4-7,9-10,16H,8H2,1-3H3. The molecule has 4 heteroatoms. The molecule has 0 aromatic carbocycles. The first-order valence-electron chi connectivity index (χ1n) is 5.83. The molecule has 2 aromatic rings. The van der Waals surface area contributed by atoms with E-state index in [4.69, 9.17) is 0 Å². The molecule has 0 atom stereocenters. The minimum Gasteiger partial charge on any atom is -0.378 e. The van der Waals surface area contributed by atoms with Gasteiger partial charge in [0, 0.05) is 24.6 Å². The van der Waals surface area contributed by atoms with Crippen LogP contribution in [0, 0.1) is 6.92 Å². The van der Waals surface area contributed by atoms with Crippen molar-refractivity contribution in [2.75, 3.05) is 5.32 Å². The molecule has 1 N–H and O–H groups in total. The molecule has 0 fully saturated rings. The molecule has 2 rings (SSSR count). The Kier molecular flexibility index (Phi) is 3.42. The van der Waals surface area contributed by atoms with Gasteiger partial charge < -0.3 is 9.88 Å². The van der Waals surface area contributed by atoms with Gasteiger partial charge in [-0.25, -0.2) is 4.98 Å². The number of hydrogen-bond donors (Lipinski definition) is 1. The number of rotatable bonds is 4. The topological polar surface area (TPSA) is 42.7 Å². The van der Waals surface area contributed by atoms with Gasteiger partial charge in [0.15, 0.2) is 0 Å². The fourth-order valence-electron chi connectivity index (χ4n) is 1.78. The van der Waals surface area contributed by atoms with Crippen molar-refractivity contribution >= 4 is 5.69 Å². The molecule has 4 nitrogen and oxygen atoms in total. The molecule has 0 bridgehead atoms. The molecule has 0 saturated heterocycles. The summed E-state index contributed by atoms with van der Waals surface area (Å²) in [6, 6.07) is 2.52. The van der Waals surface area contributed by atoms with Crippen molar-refractivity contribution in [2.24, 2.45) is 0 Å². The predicted molar refractivity (Wildman–Crippen MR) is 68.9 cm³/mol. The summed E-state index contributed by atoms with van der Waals surface area (Å²) in [6.07, 6.45) is 7.46. The van der Waals surface area contributed by atoms with E-state index in [9.17, 15) is 0 Å². The molecule has 90 valence electrons. The summed E-state index contributed by atoms with van der Waals surface area (Å²) >= 11 is 0. The second-order valence-corrected chi connectivity index (χ2v) is 4.49. The van der Waals surface area contributed by atoms with Gasteiger partial charge in [-0.1, -0.05) is 0 Å². The number of nitrogens with zero attached hydrogens (tertiary/aromatic N) is 3. The number of nitrogens with one attached hydrogen (secondary N) is 1. The van der Waals surface area contributed by atoms with Gasteiger partial charge in [0.05, 0.1) is 24.3 Å². The van der Waals surface area contributed by atoms with Crippen LogP contribution in [0.15, 0.2) is 31.0 Å². The maximum absolute atomic E-state index is 4.18. The normalized spacial score (nSPS) is 10.8. The molecule has 0 aliphatic rings. The molecule has 0 radical (unpaired) electrons. The summed E-state index contributed by atoms with van der Waals surface area (Å²) in [6.45, 7) is 7.11. The molecule has 0 amide bonds. The lowest BCUT2D eigenvalue weighted by Gasteiger charge is -2.12. The van der Waals surface area contributed by atoms with Crippen LogP contribution in [-0.2, 0) is 6.54 Å². The molecular formula is C13H18N4. The summed E-state index contributed by atoms with van der Waals surface area (Å²) in [5, 5.41) is 3.36. The summed E-state index contributed by atoms with van der Waals surface area (Å²) in [5.74, 6) is 0. The molecule has 0 saturated carbocycles. The molecule has 2 aromatic heterocycles. The van der Waals surface area contributed by atoms with Crippen molar-refractivity contribution in [2.45, 2.75) is 33.4 Å². The van der Waals surface area contributed by atoms with Gasteiger partial charge >= 0.3 is 0 Å². The van der Waals surface area contributed by atoms with Crippen LogP contribution >= 0.6 is 0 Å². The van der Waals surface area contributed by atoms with Gasteiger partial charge in [-0.2, -0.15) is 0 Å². The Morgan fingerprint density at radius 1 is 1.24 bits per heavy atom. The zero-order chi connectivity index (χ0) is 12.3. The lowest BCUT2D eigenvalue weighted by Crippen LogP contribution is -2.08. The number of imidazole rings is 1. The van der Waals surface area contributed by atoms with Crippen LogP contribution in [-0.4, -0.2) is 14.5 Å². The maximum atomic E-state index is 4.18. The van der Waals surface area contributed by atoms with Crippen LogP contribution in [0.25, 0.3) is 0 Å². The Bertz CT molecular complexity index is 488. The largest absolute Gasteiger partial charge is 0.378 e. The third kappa shape index (κ3) is 2.84. The Labute approximate surface area is 102 Å². The van der Waals surface area contributed by atoms with E-state index in [-0.39, 0.29) is 0 Å². The smallest absolute Gasteiger partial charge is 0.0951 e. The number of anilines is 1. The van der Waals surface area contributed by atoms with E-state index in [1.807, 2.05) is 31.8 Å². The predicted octanol–water partition coefficient (Wildman–Crippen LogP) is 2.78. The van der Waals surface area contributed by atoms with Gasteiger partial charge in [0.2, 0.25) is 0 Å². The Morgan fingerprint density at radius 2 is 2.06 bits per heavy atom. The van der Waals surface area contributed by atoms with E-state index in [1.165, 1.54) is 5.69 Å².